The lowest BCUT2D eigenvalue weighted by Gasteiger charge is -2.29. The zero-order valence-corrected chi connectivity index (χ0v) is 19.6. The summed E-state index contributed by atoms with van der Waals surface area (Å²) in [6.45, 7) is 0. The van der Waals surface area contributed by atoms with E-state index < -0.39 is 0 Å². The van der Waals surface area contributed by atoms with Crippen molar-refractivity contribution in [2.45, 2.75) is 12.3 Å². The van der Waals surface area contributed by atoms with Crippen molar-refractivity contribution in [3.8, 4) is 17.4 Å². The number of methoxy groups -OCH3 is 1. The van der Waals surface area contributed by atoms with Crippen LogP contribution in [0.5, 0.6) is 17.4 Å². The van der Waals surface area contributed by atoms with Crippen LogP contribution in [0.4, 0.5) is 0 Å². The standard InChI is InChI=1S/C30H22N4O2/c1-35-22-14-11-19(12-15-22)17-25-32-29-28-26(21-8-3-2-4-9-21)27-23-10-6-5-7-20(23)13-16-24(27)36-30(28)31-18-34(29)33-25/h2-16,18,26H,17H2,1H3/t26-/m0/s1. The van der Waals surface area contributed by atoms with Crippen LogP contribution in [0.15, 0.2) is 97.3 Å². The first-order valence-electron chi connectivity index (χ1n) is 11.9. The minimum Gasteiger partial charge on any atom is -0.497 e. The van der Waals surface area contributed by atoms with Crippen molar-refractivity contribution in [2.75, 3.05) is 7.11 Å². The van der Waals surface area contributed by atoms with Crippen LogP contribution < -0.4 is 9.47 Å². The number of hydrogen-bond donors (Lipinski definition) is 0. The minimum absolute atomic E-state index is 0.0923. The van der Waals surface area contributed by atoms with Crippen LogP contribution >= 0.6 is 0 Å². The average Bonchev–Trinajstić information content (AvgIpc) is 3.35. The fourth-order valence-corrected chi connectivity index (χ4v) is 5.13. The highest BCUT2D eigenvalue weighted by Gasteiger charge is 2.34. The molecule has 4 aromatic carbocycles. The van der Waals surface area contributed by atoms with Gasteiger partial charge in [-0.1, -0.05) is 72.8 Å². The summed E-state index contributed by atoms with van der Waals surface area (Å²) in [5.41, 5.74) is 5.09. The van der Waals surface area contributed by atoms with E-state index in [1.54, 1.807) is 18.0 Å². The third-order valence-corrected chi connectivity index (χ3v) is 6.80. The van der Waals surface area contributed by atoms with Gasteiger partial charge in [0.2, 0.25) is 5.88 Å². The van der Waals surface area contributed by atoms with Gasteiger partial charge in [-0.3, -0.25) is 0 Å². The van der Waals surface area contributed by atoms with E-state index in [9.17, 15) is 0 Å². The van der Waals surface area contributed by atoms with Crippen molar-refractivity contribution in [3.63, 3.8) is 0 Å². The first-order valence-corrected chi connectivity index (χ1v) is 11.9. The topological polar surface area (TPSA) is 61.5 Å². The van der Waals surface area contributed by atoms with E-state index in [0.29, 0.717) is 12.3 Å². The maximum atomic E-state index is 6.39. The smallest absolute Gasteiger partial charge is 0.228 e. The highest BCUT2D eigenvalue weighted by atomic mass is 16.5. The Bertz CT molecular complexity index is 1730. The maximum Gasteiger partial charge on any atom is 0.228 e. The lowest BCUT2D eigenvalue weighted by atomic mass is 9.81. The minimum atomic E-state index is -0.0923. The van der Waals surface area contributed by atoms with Crippen molar-refractivity contribution >= 4 is 16.4 Å². The predicted octanol–water partition coefficient (Wildman–Crippen LogP) is 6.16. The van der Waals surface area contributed by atoms with Crippen molar-refractivity contribution in [3.05, 3.63) is 125 Å². The second-order valence-electron chi connectivity index (χ2n) is 8.93. The Morgan fingerprint density at radius 3 is 2.50 bits per heavy atom. The average molecular weight is 471 g/mol. The largest absolute Gasteiger partial charge is 0.497 e. The maximum absolute atomic E-state index is 6.39. The molecule has 6 nitrogen and oxygen atoms in total. The van der Waals surface area contributed by atoms with Crippen molar-refractivity contribution in [1.29, 1.82) is 0 Å². The fourth-order valence-electron chi connectivity index (χ4n) is 5.13. The van der Waals surface area contributed by atoms with E-state index in [1.807, 2.05) is 36.4 Å². The molecule has 1 aliphatic rings. The summed E-state index contributed by atoms with van der Waals surface area (Å²) in [5.74, 6) is 2.86. The van der Waals surface area contributed by atoms with E-state index in [1.165, 1.54) is 5.39 Å². The van der Waals surface area contributed by atoms with E-state index in [-0.39, 0.29) is 5.92 Å². The third-order valence-electron chi connectivity index (χ3n) is 6.80. The Morgan fingerprint density at radius 1 is 0.861 bits per heavy atom. The number of benzene rings is 4. The molecule has 3 heterocycles. The van der Waals surface area contributed by atoms with Crippen LogP contribution in [0, 0.1) is 0 Å². The fraction of sp³-hybridized carbons (Fsp3) is 0.100. The van der Waals surface area contributed by atoms with Crippen LogP contribution in [0.25, 0.3) is 16.4 Å². The van der Waals surface area contributed by atoms with Gasteiger partial charge in [0.1, 0.15) is 17.8 Å². The molecule has 0 bridgehead atoms. The van der Waals surface area contributed by atoms with Crippen molar-refractivity contribution < 1.29 is 9.47 Å². The number of rotatable bonds is 4. The molecule has 6 heteroatoms. The Morgan fingerprint density at radius 2 is 1.67 bits per heavy atom. The Labute approximate surface area is 207 Å². The molecule has 0 radical (unpaired) electrons. The molecule has 0 saturated heterocycles. The highest BCUT2D eigenvalue weighted by Crippen LogP contribution is 2.50. The van der Waals surface area contributed by atoms with E-state index in [0.717, 1.165) is 50.6 Å². The molecule has 2 aromatic heterocycles. The molecule has 1 aliphatic heterocycles. The second kappa shape index (κ2) is 8.20. The summed E-state index contributed by atoms with van der Waals surface area (Å²) in [7, 11) is 1.67. The molecule has 0 spiro atoms. The van der Waals surface area contributed by atoms with Gasteiger partial charge >= 0.3 is 0 Å². The summed E-state index contributed by atoms with van der Waals surface area (Å²) in [6.07, 6.45) is 2.30. The Hall–Kier alpha value is -4.71. The molecule has 0 amide bonds. The molecule has 0 N–H and O–H groups in total. The van der Waals surface area contributed by atoms with Gasteiger partial charge in [-0.25, -0.2) is 14.5 Å². The number of fused-ring (bicyclic) bond motifs is 6. The SMILES string of the molecule is COc1ccc(Cc2nc3c4c(ncn3n2)Oc2ccc3ccccc3c2[C@@H]4c2ccccc2)cc1. The van der Waals surface area contributed by atoms with Gasteiger partial charge in [-0.05, 0) is 40.1 Å². The van der Waals surface area contributed by atoms with Gasteiger partial charge < -0.3 is 9.47 Å². The Kier molecular flexibility index (Phi) is 4.70. The Balaban J connectivity index is 1.43. The van der Waals surface area contributed by atoms with Gasteiger partial charge in [0.15, 0.2) is 11.5 Å². The number of nitrogens with zero attached hydrogens (tertiary/aromatic N) is 4. The lowest BCUT2D eigenvalue weighted by Crippen LogP contribution is -2.15. The van der Waals surface area contributed by atoms with Gasteiger partial charge in [0, 0.05) is 17.9 Å². The van der Waals surface area contributed by atoms with E-state index >= 15 is 0 Å². The zero-order valence-electron chi connectivity index (χ0n) is 19.6. The summed E-state index contributed by atoms with van der Waals surface area (Å²) < 4.78 is 13.4. The van der Waals surface area contributed by atoms with Crippen molar-refractivity contribution in [2.24, 2.45) is 0 Å². The van der Waals surface area contributed by atoms with Gasteiger partial charge in [0.25, 0.3) is 0 Å². The molecular formula is C30H22N4O2. The lowest BCUT2D eigenvalue weighted by molar-refractivity contribution is 0.414. The third kappa shape index (κ3) is 3.30. The predicted molar refractivity (Wildman–Crippen MR) is 138 cm³/mol. The molecule has 7 rings (SSSR count). The molecule has 6 aromatic rings. The molecule has 0 fully saturated rings. The number of aromatic nitrogens is 4. The number of hydrogen-bond acceptors (Lipinski definition) is 5. The highest BCUT2D eigenvalue weighted by molar-refractivity contribution is 5.90. The summed E-state index contributed by atoms with van der Waals surface area (Å²) in [4.78, 5) is 9.66. The van der Waals surface area contributed by atoms with E-state index in [4.69, 9.17) is 19.6 Å². The van der Waals surface area contributed by atoms with E-state index in [2.05, 4.69) is 59.6 Å². The summed E-state index contributed by atoms with van der Waals surface area (Å²) in [5, 5.41) is 7.09. The van der Waals surface area contributed by atoms with Crippen LogP contribution in [-0.4, -0.2) is 26.7 Å². The van der Waals surface area contributed by atoms with Gasteiger partial charge in [-0.15, -0.1) is 5.10 Å². The first-order chi connectivity index (χ1) is 17.8. The second-order valence-corrected chi connectivity index (χ2v) is 8.93. The normalized spacial score (nSPS) is 14.3. The quantitative estimate of drug-likeness (QED) is 0.308. The van der Waals surface area contributed by atoms with Crippen LogP contribution in [-0.2, 0) is 6.42 Å². The molecule has 1 atom stereocenters. The summed E-state index contributed by atoms with van der Waals surface area (Å²) in [6, 6.07) is 31.1. The van der Waals surface area contributed by atoms with Crippen molar-refractivity contribution in [1.82, 2.24) is 19.6 Å². The van der Waals surface area contributed by atoms with Gasteiger partial charge in [-0.2, -0.15) is 0 Å². The van der Waals surface area contributed by atoms with Crippen LogP contribution in [0.1, 0.15) is 34.0 Å². The van der Waals surface area contributed by atoms with Crippen LogP contribution in [0.3, 0.4) is 0 Å². The molecular weight excluding hydrogens is 448 g/mol. The monoisotopic (exact) mass is 470 g/mol. The molecule has 0 unspecified atom stereocenters. The van der Waals surface area contributed by atoms with Crippen LogP contribution in [0.2, 0.25) is 0 Å². The molecule has 0 aliphatic carbocycles. The summed E-state index contributed by atoms with van der Waals surface area (Å²) >= 11 is 0. The number of ether oxygens (including phenoxy) is 2. The molecule has 174 valence electrons. The zero-order chi connectivity index (χ0) is 24.1. The van der Waals surface area contributed by atoms with Gasteiger partial charge in [0.05, 0.1) is 12.7 Å². The first kappa shape index (κ1) is 20.6. The molecule has 0 saturated carbocycles. The molecule has 36 heavy (non-hydrogen) atoms.